The van der Waals surface area contributed by atoms with Crippen molar-refractivity contribution >= 4 is 0 Å². The minimum atomic E-state index is -0.380. The van der Waals surface area contributed by atoms with Crippen LogP contribution in [0.15, 0.2) is 42.5 Å². The average molecular weight is 270 g/mol. The predicted octanol–water partition coefficient (Wildman–Crippen LogP) is 3.30. The van der Waals surface area contributed by atoms with Crippen molar-refractivity contribution in [3.8, 4) is 11.8 Å². The summed E-state index contributed by atoms with van der Waals surface area (Å²) in [5.74, 6) is 0.275. The van der Waals surface area contributed by atoms with E-state index >= 15 is 0 Å². The van der Waals surface area contributed by atoms with E-state index < -0.39 is 0 Å². The Morgan fingerprint density at radius 2 is 1.95 bits per heavy atom. The summed E-state index contributed by atoms with van der Waals surface area (Å²) >= 11 is 0. The zero-order valence-electron chi connectivity index (χ0n) is 11.1. The third-order valence-corrected chi connectivity index (χ3v) is 2.99. The van der Waals surface area contributed by atoms with Gasteiger partial charge in [0.25, 0.3) is 0 Å². The van der Waals surface area contributed by atoms with Crippen LogP contribution in [0.1, 0.15) is 29.7 Å². The molecule has 0 spiro atoms. The topological polar surface area (TPSA) is 59.0 Å². The SMILES string of the molecule is C[C@H](N)c1ccc(OCc2cc(F)ccc2C#N)cc1. The molecule has 0 saturated heterocycles. The summed E-state index contributed by atoms with van der Waals surface area (Å²) in [6.07, 6.45) is 0. The van der Waals surface area contributed by atoms with E-state index in [1.165, 1.54) is 18.2 Å². The van der Waals surface area contributed by atoms with Gasteiger partial charge < -0.3 is 10.5 Å². The summed E-state index contributed by atoms with van der Waals surface area (Å²) in [5, 5.41) is 8.96. The smallest absolute Gasteiger partial charge is 0.123 e. The largest absolute Gasteiger partial charge is 0.489 e. The molecule has 0 heterocycles. The molecule has 0 unspecified atom stereocenters. The van der Waals surface area contributed by atoms with Crippen LogP contribution in [0.25, 0.3) is 0 Å². The van der Waals surface area contributed by atoms with E-state index in [9.17, 15) is 4.39 Å². The molecule has 102 valence electrons. The molecule has 2 aromatic carbocycles. The second-order valence-electron chi connectivity index (χ2n) is 4.56. The number of benzene rings is 2. The molecule has 0 radical (unpaired) electrons. The molecule has 0 saturated carbocycles. The Bertz CT molecular complexity index is 630. The summed E-state index contributed by atoms with van der Waals surface area (Å²) in [6, 6.07) is 13.4. The molecule has 0 bridgehead atoms. The van der Waals surface area contributed by atoms with Crippen LogP contribution in [0.4, 0.5) is 4.39 Å². The highest BCUT2D eigenvalue weighted by molar-refractivity contribution is 5.38. The molecule has 2 N–H and O–H groups in total. The Labute approximate surface area is 117 Å². The molecular formula is C16H15FN2O. The van der Waals surface area contributed by atoms with Gasteiger partial charge in [-0.05, 0) is 42.8 Å². The zero-order chi connectivity index (χ0) is 14.5. The van der Waals surface area contributed by atoms with Crippen molar-refractivity contribution in [3.05, 3.63) is 65.0 Å². The minimum Gasteiger partial charge on any atom is -0.489 e. The fourth-order valence-corrected chi connectivity index (χ4v) is 1.82. The van der Waals surface area contributed by atoms with Gasteiger partial charge in [0.15, 0.2) is 0 Å². The maximum atomic E-state index is 13.2. The third-order valence-electron chi connectivity index (χ3n) is 2.99. The van der Waals surface area contributed by atoms with Crippen molar-refractivity contribution in [1.82, 2.24) is 0 Å². The number of nitrogens with two attached hydrogens (primary N) is 1. The highest BCUT2D eigenvalue weighted by atomic mass is 19.1. The van der Waals surface area contributed by atoms with E-state index in [0.29, 0.717) is 16.9 Å². The van der Waals surface area contributed by atoms with E-state index in [4.69, 9.17) is 15.7 Å². The lowest BCUT2D eigenvalue weighted by atomic mass is 10.1. The number of nitriles is 1. The van der Waals surface area contributed by atoms with Gasteiger partial charge in [-0.15, -0.1) is 0 Å². The number of rotatable bonds is 4. The van der Waals surface area contributed by atoms with Crippen LogP contribution in [0.3, 0.4) is 0 Å². The van der Waals surface area contributed by atoms with Crippen LogP contribution in [0, 0.1) is 17.1 Å². The third kappa shape index (κ3) is 3.34. The van der Waals surface area contributed by atoms with Gasteiger partial charge in [0.05, 0.1) is 11.6 Å². The van der Waals surface area contributed by atoms with Crippen LogP contribution in [-0.4, -0.2) is 0 Å². The lowest BCUT2D eigenvalue weighted by Crippen LogP contribution is -2.04. The summed E-state index contributed by atoms with van der Waals surface area (Å²) < 4.78 is 18.7. The van der Waals surface area contributed by atoms with Crippen molar-refractivity contribution in [2.45, 2.75) is 19.6 Å². The maximum absolute atomic E-state index is 13.2. The molecule has 1 atom stereocenters. The number of ether oxygens (including phenoxy) is 1. The Kier molecular flexibility index (Phi) is 4.34. The lowest BCUT2D eigenvalue weighted by molar-refractivity contribution is 0.305. The van der Waals surface area contributed by atoms with E-state index in [1.54, 1.807) is 0 Å². The normalized spacial score (nSPS) is 11.7. The number of halogens is 1. The van der Waals surface area contributed by atoms with Crippen molar-refractivity contribution in [3.63, 3.8) is 0 Å². The van der Waals surface area contributed by atoms with Crippen molar-refractivity contribution in [2.24, 2.45) is 5.73 Å². The van der Waals surface area contributed by atoms with Crippen molar-refractivity contribution < 1.29 is 9.13 Å². The summed E-state index contributed by atoms with van der Waals surface area (Å²) in [7, 11) is 0. The van der Waals surface area contributed by atoms with Gasteiger partial charge in [-0.1, -0.05) is 12.1 Å². The van der Waals surface area contributed by atoms with Crippen molar-refractivity contribution in [2.75, 3.05) is 0 Å². The monoisotopic (exact) mass is 270 g/mol. The van der Waals surface area contributed by atoms with Gasteiger partial charge in [0.2, 0.25) is 0 Å². The highest BCUT2D eigenvalue weighted by Crippen LogP contribution is 2.18. The summed E-state index contributed by atoms with van der Waals surface area (Å²) in [6.45, 7) is 2.06. The average Bonchev–Trinajstić information content (AvgIpc) is 2.45. The fourth-order valence-electron chi connectivity index (χ4n) is 1.82. The molecule has 0 amide bonds. The fraction of sp³-hybridized carbons (Fsp3) is 0.188. The molecule has 0 aliphatic rings. The molecule has 2 aromatic rings. The molecular weight excluding hydrogens is 255 g/mol. The van der Waals surface area contributed by atoms with Gasteiger partial charge >= 0.3 is 0 Å². The second-order valence-corrected chi connectivity index (χ2v) is 4.56. The molecule has 3 nitrogen and oxygen atoms in total. The molecule has 0 aliphatic heterocycles. The van der Waals surface area contributed by atoms with E-state index in [2.05, 4.69) is 0 Å². The Balaban J connectivity index is 2.09. The van der Waals surface area contributed by atoms with E-state index in [-0.39, 0.29) is 18.5 Å². The quantitative estimate of drug-likeness (QED) is 0.927. The molecule has 2 rings (SSSR count). The zero-order valence-corrected chi connectivity index (χ0v) is 11.1. The number of nitrogens with zero attached hydrogens (tertiary/aromatic N) is 1. The highest BCUT2D eigenvalue weighted by Gasteiger charge is 2.05. The lowest BCUT2D eigenvalue weighted by Gasteiger charge is -2.10. The number of hydrogen-bond acceptors (Lipinski definition) is 3. The Morgan fingerprint density at radius 3 is 2.55 bits per heavy atom. The first kappa shape index (κ1) is 14.0. The molecule has 20 heavy (non-hydrogen) atoms. The van der Waals surface area contributed by atoms with Crippen LogP contribution in [0.2, 0.25) is 0 Å². The summed E-state index contributed by atoms with van der Waals surface area (Å²) in [4.78, 5) is 0. The summed E-state index contributed by atoms with van der Waals surface area (Å²) in [5.41, 5.74) is 7.73. The van der Waals surface area contributed by atoms with Gasteiger partial charge in [0.1, 0.15) is 18.2 Å². The minimum absolute atomic E-state index is 0.0301. The maximum Gasteiger partial charge on any atom is 0.123 e. The Hall–Kier alpha value is -2.38. The van der Waals surface area contributed by atoms with Crippen LogP contribution >= 0.6 is 0 Å². The predicted molar refractivity (Wildman–Crippen MR) is 74.5 cm³/mol. The van der Waals surface area contributed by atoms with Gasteiger partial charge in [-0.25, -0.2) is 4.39 Å². The van der Waals surface area contributed by atoms with Crippen molar-refractivity contribution in [1.29, 1.82) is 5.26 Å². The van der Waals surface area contributed by atoms with Gasteiger partial charge in [-0.3, -0.25) is 0 Å². The van der Waals surface area contributed by atoms with E-state index in [0.717, 1.165) is 5.56 Å². The molecule has 0 aliphatic carbocycles. The molecule has 0 fully saturated rings. The van der Waals surface area contributed by atoms with Crippen LogP contribution in [0.5, 0.6) is 5.75 Å². The Morgan fingerprint density at radius 1 is 1.25 bits per heavy atom. The number of hydrogen-bond donors (Lipinski definition) is 1. The van der Waals surface area contributed by atoms with E-state index in [1.807, 2.05) is 37.3 Å². The molecule has 0 aromatic heterocycles. The second kappa shape index (κ2) is 6.18. The molecule has 4 heteroatoms. The van der Waals surface area contributed by atoms with Gasteiger partial charge in [-0.2, -0.15) is 5.26 Å². The first-order valence-electron chi connectivity index (χ1n) is 6.27. The van der Waals surface area contributed by atoms with Crippen LogP contribution in [-0.2, 0) is 6.61 Å². The first-order chi connectivity index (χ1) is 9.60. The first-order valence-corrected chi connectivity index (χ1v) is 6.27. The van der Waals surface area contributed by atoms with Crippen LogP contribution < -0.4 is 10.5 Å². The standard InChI is InChI=1S/C16H15FN2O/c1-11(19)12-3-6-16(7-4-12)20-10-14-8-15(17)5-2-13(14)9-18/h2-8,11H,10,19H2,1H3/t11-/m0/s1. The van der Waals surface area contributed by atoms with Gasteiger partial charge in [0, 0.05) is 11.6 Å².